The van der Waals surface area contributed by atoms with Crippen molar-refractivity contribution >= 4 is 11.9 Å². The molecule has 0 heterocycles. The van der Waals surface area contributed by atoms with Crippen LogP contribution in [0.15, 0.2) is 24.3 Å². The van der Waals surface area contributed by atoms with Crippen LogP contribution in [0.2, 0.25) is 0 Å². The van der Waals surface area contributed by atoms with Crippen molar-refractivity contribution in [3.63, 3.8) is 0 Å². The van der Waals surface area contributed by atoms with Gasteiger partial charge < -0.3 is 43.6 Å². The number of carbonyl (C=O) groups is 2. The van der Waals surface area contributed by atoms with Crippen molar-refractivity contribution in [2.45, 2.75) is 58.3 Å². The van der Waals surface area contributed by atoms with E-state index in [4.69, 9.17) is 33.5 Å². The van der Waals surface area contributed by atoms with E-state index in [0.717, 1.165) is 12.2 Å². The molecular weight excluding hydrogens is 546 g/mol. The van der Waals surface area contributed by atoms with Crippen LogP contribution in [0.5, 0.6) is 5.75 Å². The molecule has 0 aliphatic carbocycles. The minimum absolute atomic E-state index is 0.293. The van der Waals surface area contributed by atoms with E-state index in [2.05, 4.69) is 29.1 Å². The predicted molar refractivity (Wildman–Crippen MR) is 159 cm³/mol. The van der Waals surface area contributed by atoms with Gasteiger partial charge in [-0.25, -0.2) is 4.79 Å². The number of aliphatic carboxylic acids is 1. The zero-order valence-electron chi connectivity index (χ0n) is 25.5. The van der Waals surface area contributed by atoms with Gasteiger partial charge in [0.2, 0.25) is 5.91 Å². The standard InChI is InChI=1S/C31H53NO10/c1-2-3-4-5-6-7-8-9-28-10-12-29(13-11-28)42-25-24-40-23-22-39-21-20-38-19-18-37-17-16-36-15-14-32-30(33)26-41-27-31(34)35/h10-13H,2-9,14-27H2,1H3,(H,32,33)(H,34,35). The molecule has 42 heavy (non-hydrogen) atoms. The molecule has 0 unspecified atom stereocenters. The molecule has 1 aromatic carbocycles. The monoisotopic (exact) mass is 599 g/mol. The van der Waals surface area contributed by atoms with Crippen LogP contribution in [0.4, 0.5) is 0 Å². The highest BCUT2D eigenvalue weighted by Gasteiger charge is 2.03. The summed E-state index contributed by atoms with van der Waals surface area (Å²) in [5.41, 5.74) is 1.37. The van der Waals surface area contributed by atoms with E-state index in [1.807, 2.05) is 12.1 Å². The molecule has 0 atom stereocenters. The fraction of sp³-hybridized carbons (Fsp3) is 0.742. The molecule has 1 rings (SSSR count). The molecule has 0 spiro atoms. The molecule has 0 saturated carbocycles. The fourth-order valence-corrected chi connectivity index (χ4v) is 3.78. The molecule has 0 bridgehead atoms. The molecule has 0 aromatic heterocycles. The molecule has 0 aliphatic rings. The summed E-state index contributed by atoms with van der Waals surface area (Å²) in [7, 11) is 0. The van der Waals surface area contributed by atoms with Crippen molar-refractivity contribution < 1.29 is 47.9 Å². The Morgan fingerprint density at radius 3 is 1.67 bits per heavy atom. The number of rotatable bonds is 31. The number of carboxylic acids is 1. The highest BCUT2D eigenvalue weighted by molar-refractivity contribution is 5.77. The number of hydrogen-bond acceptors (Lipinski definition) is 9. The van der Waals surface area contributed by atoms with Gasteiger partial charge in [-0.3, -0.25) is 4.79 Å². The number of unbranched alkanes of at least 4 members (excludes halogenated alkanes) is 6. The number of amides is 1. The Morgan fingerprint density at radius 2 is 1.12 bits per heavy atom. The van der Waals surface area contributed by atoms with E-state index in [0.29, 0.717) is 79.2 Å². The van der Waals surface area contributed by atoms with Gasteiger partial charge in [0, 0.05) is 6.54 Å². The van der Waals surface area contributed by atoms with Crippen LogP contribution in [0.1, 0.15) is 57.4 Å². The summed E-state index contributed by atoms with van der Waals surface area (Å²) in [5.74, 6) is -0.634. The van der Waals surface area contributed by atoms with Crippen molar-refractivity contribution in [2.24, 2.45) is 0 Å². The van der Waals surface area contributed by atoms with Gasteiger partial charge in [0.25, 0.3) is 0 Å². The van der Waals surface area contributed by atoms with Crippen LogP contribution in [-0.2, 0) is 44.4 Å². The summed E-state index contributed by atoms with van der Waals surface area (Å²) in [6.45, 7) is 6.81. The minimum Gasteiger partial charge on any atom is -0.491 e. The first-order valence-electron chi connectivity index (χ1n) is 15.3. The maximum Gasteiger partial charge on any atom is 0.329 e. The second-order valence-electron chi connectivity index (χ2n) is 9.66. The number of carboxylic acid groups (broad SMARTS) is 1. The zero-order chi connectivity index (χ0) is 30.4. The number of carbonyl (C=O) groups excluding carboxylic acids is 1. The summed E-state index contributed by atoms with van der Waals surface area (Å²) in [6.07, 6.45) is 10.5. The second kappa shape index (κ2) is 28.8. The van der Waals surface area contributed by atoms with Crippen LogP contribution in [0, 0.1) is 0 Å². The normalized spacial score (nSPS) is 11.1. The molecule has 242 valence electrons. The Hall–Kier alpha value is -2.28. The van der Waals surface area contributed by atoms with E-state index in [9.17, 15) is 9.59 Å². The first-order valence-corrected chi connectivity index (χ1v) is 15.3. The average Bonchev–Trinajstić information content (AvgIpc) is 2.98. The van der Waals surface area contributed by atoms with E-state index in [1.165, 1.54) is 50.5 Å². The van der Waals surface area contributed by atoms with Crippen LogP contribution in [-0.4, -0.2) is 109 Å². The molecule has 1 amide bonds. The van der Waals surface area contributed by atoms with E-state index in [1.54, 1.807) is 0 Å². The van der Waals surface area contributed by atoms with Crippen LogP contribution >= 0.6 is 0 Å². The smallest absolute Gasteiger partial charge is 0.329 e. The third-order valence-corrected chi connectivity index (χ3v) is 6.00. The molecule has 1 aromatic rings. The van der Waals surface area contributed by atoms with E-state index < -0.39 is 12.6 Å². The van der Waals surface area contributed by atoms with E-state index in [-0.39, 0.29) is 12.5 Å². The number of aryl methyl sites for hydroxylation is 1. The van der Waals surface area contributed by atoms with Crippen molar-refractivity contribution in [1.82, 2.24) is 5.32 Å². The lowest BCUT2D eigenvalue weighted by molar-refractivity contribution is -0.143. The SMILES string of the molecule is CCCCCCCCCc1ccc(OCCOCCOCCOCCOCCOCCNC(=O)COCC(=O)O)cc1. The van der Waals surface area contributed by atoms with Crippen molar-refractivity contribution in [2.75, 3.05) is 92.4 Å². The molecular formula is C31H53NO10. The summed E-state index contributed by atoms with van der Waals surface area (Å²) in [6, 6.07) is 8.39. The van der Waals surface area contributed by atoms with Crippen molar-refractivity contribution in [3.05, 3.63) is 29.8 Å². The average molecular weight is 600 g/mol. The van der Waals surface area contributed by atoms with Crippen molar-refractivity contribution in [3.8, 4) is 5.75 Å². The Balaban J connectivity index is 1.78. The van der Waals surface area contributed by atoms with Crippen molar-refractivity contribution in [1.29, 1.82) is 0 Å². The molecule has 0 radical (unpaired) electrons. The maximum atomic E-state index is 11.4. The second-order valence-corrected chi connectivity index (χ2v) is 9.66. The third kappa shape index (κ3) is 25.4. The fourth-order valence-electron chi connectivity index (χ4n) is 3.78. The number of hydrogen-bond donors (Lipinski definition) is 2. The Morgan fingerprint density at radius 1 is 0.619 bits per heavy atom. The number of nitrogens with one attached hydrogen (secondary N) is 1. The van der Waals surface area contributed by atoms with Gasteiger partial charge in [0.05, 0.1) is 66.1 Å². The zero-order valence-corrected chi connectivity index (χ0v) is 25.5. The lowest BCUT2D eigenvalue weighted by atomic mass is 10.0. The summed E-state index contributed by atoms with van der Waals surface area (Å²) in [5, 5.41) is 11.0. The topological polar surface area (TPSA) is 131 Å². The van der Waals surface area contributed by atoms with Gasteiger partial charge in [0.15, 0.2) is 0 Å². The lowest BCUT2D eigenvalue weighted by Crippen LogP contribution is -2.31. The van der Waals surface area contributed by atoms with Gasteiger partial charge in [-0.1, -0.05) is 57.6 Å². The largest absolute Gasteiger partial charge is 0.491 e. The molecule has 0 saturated heterocycles. The first kappa shape index (κ1) is 37.7. The molecule has 11 nitrogen and oxygen atoms in total. The molecule has 2 N–H and O–H groups in total. The minimum atomic E-state index is -1.12. The number of benzene rings is 1. The Labute approximate surface area is 251 Å². The maximum absolute atomic E-state index is 11.4. The number of ether oxygens (including phenoxy) is 7. The quantitative estimate of drug-likeness (QED) is 0.122. The molecule has 0 aliphatic heterocycles. The lowest BCUT2D eigenvalue weighted by Gasteiger charge is -2.09. The predicted octanol–water partition coefficient (Wildman–Crippen LogP) is 3.66. The van der Waals surface area contributed by atoms with Gasteiger partial charge in [-0.15, -0.1) is 0 Å². The van der Waals surface area contributed by atoms with Crippen LogP contribution in [0.25, 0.3) is 0 Å². The molecule has 11 heteroatoms. The van der Waals surface area contributed by atoms with Gasteiger partial charge >= 0.3 is 5.97 Å². The van der Waals surface area contributed by atoms with Gasteiger partial charge in [0.1, 0.15) is 25.6 Å². The first-order chi connectivity index (χ1) is 20.6. The highest BCUT2D eigenvalue weighted by atomic mass is 16.6. The molecule has 0 fully saturated rings. The Bertz CT molecular complexity index is 763. The van der Waals surface area contributed by atoms with Gasteiger partial charge in [-0.05, 0) is 30.5 Å². The van der Waals surface area contributed by atoms with E-state index >= 15 is 0 Å². The highest BCUT2D eigenvalue weighted by Crippen LogP contribution is 2.15. The van der Waals surface area contributed by atoms with Gasteiger partial charge in [-0.2, -0.15) is 0 Å². The third-order valence-electron chi connectivity index (χ3n) is 6.00. The van der Waals surface area contributed by atoms with Crippen LogP contribution < -0.4 is 10.1 Å². The summed E-state index contributed by atoms with van der Waals surface area (Å²) in [4.78, 5) is 21.6. The summed E-state index contributed by atoms with van der Waals surface area (Å²) >= 11 is 0. The Kier molecular flexibility index (Phi) is 25.9. The van der Waals surface area contributed by atoms with Crippen LogP contribution in [0.3, 0.4) is 0 Å². The summed E-state index contributed by atoms with van der Waals surface area (Å²) < 4.78 is 37.7.